The molecule has 0 saturated carbocycles. The van der Waals surface area contributed by atoms with Gasteiger partial charge in [-0.1, -0.05) is 84.9 Å². The molecule has 0 N–H and O–H groups in total. The Kier molecular flexibility index (Phi) is 4.79. The zero-order valence-corrected chi connectivity index (χ0v) is 19.9. The Morgan fingerprint density at radius 2 is 1.19 bits per heavy atom. The summed E-state index contributed by atoms with van der Waals surface area (Å²) in [7, 11) is 0. The van der Waals surface area contributed by atoms with Crippen molar-refractivity contribution in [1.82, 2.24) is 19.5 Å². The number of para-hydroxylation sites is 2. The molecule has 0 unspecified atom stereocenters. The molecule has 0 fully saturated rings. The van der Waals surface area contributed by atoms with Crippen LogP contribution in [0.15, 0.2) is 115 Å². The molecule has 4 nitrogen and oxygen atoms in total. The molecule has 0 amide bonds. The highest BCUT2D eigenvalue weighted by Crippen LogP contribution is 2.37. The third kappa shape index (κ3) is 3.35. The van der Waals surface area contributed by atoms with Crippen LogP contribution in [0.1, 0.15) is 0 Å². The second kappa shape index (κ2) is 8.29. The number of nitrogens with zero attached hydrogens (tertiary/aromatic N) is 4. The molecule has 0 aliphatic carbocycles. The van der Waals surface area contributed by atoms with Gasteiger partial charge in [-0.3, -0.25) is 0 Å². The summed E-state index contributed by atoms with van der Waals surface area (Å²) in [6, 6.07) is 39.5. The number of aromatic nitrogens is 4. The van der Waals surface area contributed by atoms with Gasteiger partial charge in [-0.25, -0.2) is 4.98 Å². The summed E-state index contributed by atoms with van der Waals surface area (Å²) < 4.78 is 2.30. The summed E-state index contributed by atoms with van der Waals surface area (Å²) in [5, 5.41) is 4.99. The first kappa shape index (κ1) is 20.8. The van der Waals surface area contributed by atoms with Crippen LogP contribution in [0, 0.1) is 0 Å². The highest BCUT2D eigenvalue weighted by molar-refractivity contribution is 6.28. The zero-order chi connectivity index (χ0) is 24.1. The lowest BCUT2D eigenvalue weighted by atomic mass is 10.1. The summed E-state index contributed by atoms with van der Waals surface area (Å²) in [5.41, 5.74) is 5.02. The van der Waals surface area contributed by atoms with Crippen molar-refractivity contribution in [2.75, 3.05) is 0 Å². The molecular formula is C31H19ClN4. The van der Waals surface area contributed by atoms with E-state index in [1.807, 2.05) is 48.5 Å². The molecule has 7 rings (SSSR count). The van der Waals surface area contributed by atoms with Crippen molar-refractivity contribution < 1.29 is 0 Å². The van der Waals surface area contributed by atoms with E-state index < -0.39 is 0 Å². The van der Waals surface area contributed by atoms with Crippen molar-refractivity contribution in [3.05, 3.63) is 121 Å². The van der Waals surface area contributed by atoms with Crippen molar-refractivity contribution in [3.63, 3.8) is 0 Å². The summed E-state index contributed by atoms with van der Waals surface area (Å²) in [5.74, 6) is 1.09. The molecule has 0 aliphatic rings. The second-order valence-electron chi connectivity index (χ2n) is 8.70. The fraction of sp³-hybridized carbons (Fsp3) is 0. The summed E-state index contributed by atoms with van der Waals surface area (Å²) in [4.78, 5) is 13.8. The molecule has 5 heteroatoms. The van der Waals surface area contributed by atoms with E-state index in [4.69, 9.17) is 16.6 Å². The molecule has 2 aromatic heterocycles. The SMILES string of the molecule is Clc1nc(-c2ccccc2)nc(-c2ccccc2-n2c3ccccc3c3cc4ccccc4cc32)n1. The van der Waals surface area contributed by atoms with E-state index in [2.05, 4.69) is 81.3 Å². The number of rotatable bonds is 3. The lowest BCUT2D eigenvalue weighted by Crippen LogP contribution is -2.02. The number of fused-ring (bicyclic) bond motifs is 4. The van der Waals surface area contributed by atoms with Crippen molar-refractivity contribution in [1.29, 1.82) is 0 Å². The Hall–Kier alpha value is -4.54. The minimum Gasteiger partial charge on any atom is -0.308 e. The highest BCUT2D eigenvalue weighted by Gasteiger charge is 2.18. The maximum Gasteiger partial charge on any atom is 0.226 e. The third-order valence-corrected chi connectivity index (χ3v) is 6.74. The van der Waals surface area contributed by atoms with E-state index in [9.17, 15) is 0 Å². The van der Waals surface area contributed by atoms with Gasteiger partial charge in [0.25, 0.3) is 0 Å². The van der Waals surface area contributed by atoms with Gasteiger partial charge in [0.15, 0.2) is 11.6 Å². The lowest BCUT2D eigenvalue weighted by Gasteiger charge is -2.14. The van der Waals surface area contributed by atoms with Gasteiger partial charge in [0, 0.05) is 21.9 Å². The molecule has 0 bridgehead atoms. The zero-order valence-electron chi connectivity index (χ0n) is 19.1. The summed E-state index contributed by atoms with van der Waals surface area (Å²) in [6.45, 7) is 0. The van der Waals surface area contributed by atoms with Gasteiger partial charge >= 0.3 is 0 Å². The molecule has 36 heavy (non-hydrogen) atoms. The van der Waals surface area contributed by atoms with Crippen LogP contribution < -0.4 is 0 Å². The van der Waals surface area contributed by atoms with Crippen LogP contribution in [-0.4, -0.2) is 19.5 Å². The molecule has 0 atom stereocenters. The largest absolute Gasteiger partial charge is 0.308 e. The topological polar surface area (TPSA) is 43.6 Å². The van der Waals surface area contributed by atoms with Gasteiger partial charge < -0.3 is 4.57 Å². The van der Waals surface area contributed by atoms with Crippen LogP contribution in [-0.2, 0) is 0 Å². The number of hydrogen-bond acceptors (Lipinski definition) is 3. The molecule has 5 aromatic carbocycles. The van der Waals surface area contributed by atoms with Gasteiger partial charge in [-0.05, 0) is 52.7 Å². The molecule has 170 valence electrons. The first-order valence-electron chi connectivity index (χ1n) is 11.7. The van der Waals surface area contributed by atoms with Crippen molar-refractivity contribution in [3.8, 4) is 28.5 Å². The van der Waals surface area contributed by atoms with Gasteiger partial charge in [-0.2, -0.15) is 9.97 Å². The first-order chi connectivity index (χ1) is 17.8. The number of hydrogen-bond donors (Lipinski definition) is 0. The number of halogens is 1. The molecule has 0 spiro atoms. The Labute approximate surface area is 212 Å². The molecule has 0 saturated heterocycles. The van der Waals surface area contributed by atoms with E-state index in [0.717, 1.165) is 27.8 Å². The van der Waals surface area contributed by atoms with E-state index in [-0.39, 0.29) is 5.28 Å². The third-order valence-electron chi connectivity index (χ3n) is 6.57. The van der Waals surface area contributed by atoms with Crippen LogP contribution in [0.4, 0.5) is 0 Å². The molecule has 2 heterocycles. The van der Waals surface area contributed by atoms with Gasteiger partial charge in [0.2, 0.25) is 5.28 Å². The van der Waals surface area contributed by atoms with Crippen LogP contribution in [0.25, 0.3) is 61.0 Å². The van der Waals surface area contributed by atoms with Crippen molar-refractivity contribution in [2.24, 2.45) is 0 Å². The standard InChI is InChI=1S/C31H19ClN4/c32-31-34-29(20-10-2-1-3-11-20)33-30(35-31)24-15-7-9-17-27(24)36-26-16-8-6-14-23(26)25-18-21-12-4-5-13-22(21)19-28(25)36/h1-19H. The van der Waals surface area contributed by atoms with E-state index in [1.165, 1.54) is 21.5 Å². The predicted molar refractivity (Wildman–Crippen MR) is 148 cm³/mol. The summed E-state index contributed by atoms with van der Waals surface area (Å²) >= 11 is 6.41. The van der Waals surface area contributed by atoms with Crippen LogP contribution in [0.2, 0.25) is 5.28 Å². The minimum atomic E-state index is 0.168. The second-order valence-corrected chi connectivity index (χ2v) is 9.04. The summed E-state index contributed by atoms with van der Waals surface area (Å²) in [6.07, 6.45) is 0. The molecule has 0 aliphatic heterocycles. The minimum absolute atomic E-state index is 0.168. The van der Waals surface area contributed by atoms with Crippen LogP contribution >= 0.6 is 11.6 Å². The fourth-order valence-electron chi connectivity index (χ4n) is 4.96. The highest BCUT2D eigenvalue weighted by atomic mass is 35.5. The Morgan fingerprint density at radius 1 is 0.528 bits per heavy atom. The lowest BCUT2D eigenvalue weighted by molar-refractivity contribution is 1.06. The normalized spacial score (nSPS) is 11.5. The Bertz CT molecular complexity index is 1910. The Morgan fingerprint density at radius 3 is 2.06 bits per heavy atom. The van der Waals surface area contributed by atoms with E-state index >= 15 is 0 Å². The predicted octanol–water partition coefficient (Wildman–Crippen LogP) is 8.11. The van der Waals surface area contributed by atoms with Gasteiger partial charge in [-0.15, -0.1) is 0 Å². The average molecular weight is 483 g/mol. The maximum atomic E-state index is 6.41. The Balaban J connectivity index is 1.53. The van der Waals surface area contributed by atoms with E-state index in [1.54, 1.807) is 0 Å². The van der Waals surface area contributed by atoms with Crippen LogP contribution in [0.5, 0.6) is 0 Å². The first-order valence-corrected chi connectivity index (χ1v) is 12.1. The smallest absolute Gasteiger partial charge is 0.226 e. The molecule has 0 radical (unpaired) electrons. The van der Waals surface area contributed by atoms with Gasteiger partial charge in [0.1, 0.15) is 0 Å². The van der Waals surface area contributed by atoms with E-state index in [0.29, 0.717) is 11.6 Å². The van der Waals surface area contributed by atoms with Gasteiger partial charge in [0.05, 0.1) is 16.7 Å². The maximum absolute atomic E-state index is 6.41. The van der Waals surface area contributed by atoms with Crippen LogP contribution in [0.3, 0.4) is 0 Å². The quantitative estimate of drug-likeness (QED) is 0.255. The van der Waals surface area contributed by atoms with Crippen molar-refractivity contribution in [2.45, 2.75) is 0 Å². The molecule has 7 aromatic rings. The molecular weight excluding hydrogens is 464 g/mol. The van der Waals surface area contributed by atoms with Crippen molar-refractivity contribution >= 4 is 44.2 Å². The monoisotopic (exact) mass is 482 g/mol. The number of benzene rings is 5. The fourth-order valence-corrected chi connectivity index (χ4v) is 5.12. The average Bonchev–Trinajstić information content (AvgIpc) is 3.25.